The fraction of sp³-hybridized carbons (Fsp3) is 0.357. The SMILES string of the molecule is CN1CCNCC1c1noc(-c2n[nH]c3ccc(Br)cc23)n1.Cl. The van der Waals surface area contributed by atoms with Gasteiger partial charge in [-0.05, 0) is 25.2 Å². The molecule has 1 aliphatic heterocycles. The van der Waals surface area contributed by atoms with Gasteiger partial charge in [-0.1, -0.05) is 21.1 Å². The van der Waals surface area contributed by atoms with Crippen molar-refractivity contribution >= 4 is 39.2 Å². The molecule has 3 heterocycles. The molecule has 0 radical (unpaired) electrons. The number of piperazine rings is 1. The first-order valence-electron chi connectivity index (χ1n) is 7.11. The minimum Gasteiger partial charge on any atom is -0.332 e. The molecule has 1 aliphatic rings. The third-order valence-corrected chi connectivity index (χ3v) is 4.47. The summed E-state index contributed by atoms with van der Waals surface area (Å²) < 4.78 is 6.43. The number of hydrogen-bond donors (Lipinski definition) is 2. The summed E-state index contributed by atoms with van der Waals surface area (Å²) in [5.74, 6) is 1.13. The average molecular weight is 400 g/mol. The van der Waals surface area contributed by atoms with Crippen molar-refractivity contribution in [1.29, 1.82) is 0 Å². The van der Waals surface area contributed by atoms with Gasteiger partial charge in [0.15, 0.2) is 11.5 Å². The lowest BCUT2D eigenvalue weighted by Gasteiger charge is -2.30. The van der Waals surface area contributed by atoms with Crippen molar-refractivity contribution in [2.24, 2.45) is 0 Å². The molecule has 4 rings (SSSR count). The fourth-order valence-corrected chi connectivity index (χ4v) is 3.07. The van der Waals surface area contributed by atoms with Crippen LogP contribution in [0.1, 0.15) is 11.9 Å². The molecule has 0 amide bonds. The van der Waals surface area contributed by atoms with Gasteiger partial charge >= 0.3 is 0 Å². The second-order valence-electron chi connectivity index (χ2n) is 5.42. The zero-order chi connectivity index (χ0) is 15.1. The summed E-state index contributed by atoms with van der Waals surface area (Å²) in [6.07, 6.45) is 0. The van der Waals surface area contributed by atoms with E-state index in [1.165, 1.54) is 0 Å². The van der Waals surface area contributed by atoms with Crippen LogP contribution in [0.15, 0.2) is 27.2 Å². The Kier molecular flexibility index (Phi) is 4.67. The molecule has 7 nitrogen and oxygen atoms in total. The number of H-pyrrole nitrogens is 1. The van der Waals surface area contributed by atoms with Gasteiger partial charge in [0.25, 0.3) is 5.89 Å². The summed E-state index contributed by atoms with van der Waals surface area (Å²) in [5, 5.41) is 15.8. The van der Waals surface area contributed by atoms with Gasteiger partial charge in [-0.2, -0.15) is 10.1 Å². The molecule has 3 aromatic rings. The number of halogens is 2. The largest absolute Gasteiger partial charge is 0.332 e. The highest BCUT2D eigenvalue weighted by atomic mass is 79.9. The van der Waals surface area contributed by atoms with E-state index in [1.807, 2.05) is 18.2 Å². The second kappa shape index (κ2) is 6.56. The van der Waals surface area contributed by atoms with Crippen LogP contribution in [0, 0.1) is 0 Å². The summed E-state index contributed by atoms with van der Waals surface area (Å²) in [7, 11) is 2.07. The summed E-state index contributed by atoms with van der Waals surface area (Å²) >= 11 is 3.48. The van der Waals surface area contributed by atoms with E-state index in [4.69, 9.17) is 4.52 Å². The Bertz CT molecular complexity index is 819. The monoisotopic (exact) mass is 398 g/mol. The van der Waals surface area contributed by atoms with Crippen molar-refractivity contribution in [2.45, 2.75) is 6.04 Å². The molecule has 122 valence electrons. The average Bonchev–Trinajstić information content (AvgIpc) is 3.13. The van der Waals surface area contributed by atoms with Crippen LogP contribution in [-0.2, 0) is 0 Å². The van der Waals surface area contributed by atoms with E-state index in [9.17, 15) is 0 Å². The maximum atomic E-state index is 5.45. The van der Waals surface area contributed by atoms with Gasteiger partial charge in [0.1, 0.15) is 0 Å². The maximum Gasteiger partial charge on any atom is 0.279 e. The lowest BCUT2D eigenvalue weighted by Crippen LogP contribution is -2.44. The van der Waals surface area contributed by atoms with Gasteiger partial charge < -0.3 is 9.84 Å². The quantitative estimate of drug-likeness (QED) is 0.688. The lowest BCUT2D eigenvalue weighted by atomic mass is 10.2. The first kappa shape index (κ1) is 16.4. The molecule has 9 heteroatoms. The molecular weight excluding hydrogens is 384 g/mol. The van der Waals surface area contributed by atoms with Gasteiger partial charge in [0.2, 0.25) is 0 Å². The minimum atomic E-state index is 0. The summed E-state index contributed by atoms with van der Waals surface area (Å²) in [6.45, 7) is 2.77. The summed E-state index contributed by atoms with van der Waals surface area (Å²) in [6, 6.07) is 6.05. The Labute approximate surface area is 147 Å². The Balaban J connectivity index is 0.00000156. The predicted octanol–water partition coefficient (Wildman–Crippen LogP) is 2.37. The van der Waals surface area contributed by atoms with Gasteiger partial charge in [0, 0.05) is 29.5 Å². The predicted molar refractivity (Wildman–Crippen MR) is 92.6 cm³/mol. The van der Waals surface area contributed by atoms with Crippen molar-refractivity contribution in [3.8, 4) is 11.6 Å². The van der Waals surface area contributed by atoms with E-state index in [0.717, 1.165) is 35.0 Å². The third kappa shape index (κ3) is 2.99. The van der Waals surface area contributed by atoms with Gasteiger partial charge in [-0.15, -0.1) is 12.4 Å². The molecule has 23 heavy (non-hydrogen) atoms. The number of fused-ring (bicyclic) bond motifs is 1. The molecule has 0 saturated carbocycles. The number of hydrogen-bond acceptors (Lipinski definition) is 6. The van der Waals surface area contributed by atoms with Gasteiger partial charge in [-0.3, -0.25) is 10.00 Å². The van der Waals surface area contributed by atoms with Crippen molar-refractivity contribution in [2.75, 3.05) is 26.7 Å². The Morgan fingerprint density at radius 3 is 3.09 bits per heavy atom. The van der Waals surface area contributed by atoms with Crippen molar-refractivity contribution in [3.05, 3.63) is 28.5 Å². The number of nitrogens with one attached hydrogen (secondary N) is 2. The number of likely N-dealkylation sites (N-methyl/N-ethyl adjacent to an activating group) is 1. The van der Waals surface area contributed by atoms with Crippen LogP contribution in [0.25, 0.3) is 22.5 Å². The number of aromatic nitrogens is 4. The summed E-state index contributed by atoms with van der Waals surface area (Å²) in [4.78, 5) is 6.78. The number of nitrogens with zero attached hydrogens (tertiary/aromatic N) is 4. The standard InChI is InChI=1S/C14H15BrN6O.ClH/c1-21-5-4-16-7-11(21)13-17-14(22-20-13)12-9-6-8(15)2-3-10(9)18-19-12;/h2-3,6,11,16H,4-5,7H2,1H3,(H,18,19);1H. The van der Waals surface area contributed by atoms with Crippen LogP contribution in [0.2, 0.25) is 0 Å². The zero-order valence-corrected chi connectivity index (χ0v) is 14.8. The van der Waals surface area contributed by atoms with Crippen LogP contribution in [0.3, 0.4) is 0 Å². The second-order valence-corrected chi connectivity index (χ2v) is 6.34. The lowest BCUT2D eigenvalue weighted by molar-refractivity contribution is 0.190. The maximum absolute atomic E-state index is 5.45. The first-order valence-corrected chi connectivity index (χ1v) is 7.90. The molecular formula is C14H16BrClN6O. The van der Waals surface area contributed by atoms with E-state index >= 15 is 0 Å². The van der Waals surface area contributed by atoms with Crippen molar-refractivity contribution in [3.63, 3.8) is 0 Å². The molecule has 1 saturated heterocycles. The van der Waals surface area contributed by atoms with Gasteiger partial charge in [-0.25, -0.2) is 0 Å². The molecule has 2 aromatic heterocycles. The highest BCUT2D eigenvalue weighted by Gasteiger charge is 2.26. The molecule has 2 N–H and O–H groups in total. The normalized spacial score (nSPS) is 19.0. The van der Waals surface area contributed by atoms with Crippen molar-refractivity contribution in [1.82, 2.24) is 30.6 Å². The Morgan fingerprint density at radius 2 is 2.26 bits per heavy atom. The van der Waals surface area contributed by atoms with Crippen LogP contribution in [0.4, 0.5) is 0 Å². The Morgan fingerprint density at radius 1 is 1.39 bits per heavy atom. The van der Waals surface area contributed by atoms with Crippen molar-refractivity contribution < 1.29 is 4.52 Å². The fourth-order valence-electron chi connectivity index (χ4n) is 2.71. The zero-order valence-electron chi connectivity index (χ0n) is 12.4. The highest BCUT2D eigenvalue weighted by Crippen LogP contribution is 2.28. The molecule has 1 atom stereocenters. The highest BCUT2D eigenvalue weighted by molar-refractivity contribution is 9.10. The van der Waals surface area contributed by atoms with Crippen LogP contribution >= 0.6 is 28.3 Å². The van der Waals surface area contributed by atoms with E-state index in [2.05, 4.69) is 53.5 Å². The third-order valence-electron chi connectivity index (χ3n) is 3.98. The molecule has 0 bridgehead atoms. The minimum absolute atomic E-state index is 0. The van der Waals surface area contributed by atoms with E-state index in [0.29, 0.717) is 17.4 Å². The topological polar surface area (TPSA) is 82.9 Å². The number of benzene rings is 1. The Hall–Kier alpha value is -1.48. The van der Waals surface area contributed by atoms with Gasteiger partial charge in [0.05, 0.1) is 11.6 Å². The molecule has 1 aromatic carbocycles. The molecule has 0 spiro atoms. The van der Waals surface area contributed by atoms with Crippen LogP contribution < -0.4 is 5.32 Å². The number of aromatic amines is 1. The summed E-state index contributed by atoms with van der Waals surface area (Å²) in [5.41, 5.74) is 1.62. The molecule has 1 fully saturated rings. The first-order chi connectivity index (χ1) is 10.7. The smallest absolute Gasteiger partial charge is 0.279 e. The molecule has 1 unspecified atom stereocenters. The van der Waals surface area contributed by atoms with Crippen LogP contribution in [-0.4, -0.2) is 51.9 Å². The van der Waals surface area contributed by atoms with Crippen LogP contribution in [0.5, 0.6) is 0 Å². The van der Waals surface area contributed by atoms with E-state index in [-0.39, 0.29) is 18.4 Å². The van der Waals surface area contributed by atoms with E-state index < -0.39 is 0 Å². The van der Waals surface area contributed by atoms with E-state index in [1.54, 1.807) is 0 Å². The molecule has 0 aliphatic carbocycles. The number of rotatable bonds is 2.